The lowest BCUT2D eigenvalue weighted by molar-refractivity contribution is 0.0527. The Kier molecular flexibility index (Phi) is 5.54. The number of carbonyl (C=O) groups excluding carboxylic acids is 2. The number of hydrogen-bond donors (Lipinski definition) is 1. The molecule has 27 heavy (non-hydrogen) atoms. The van der Waals surface area contributed by atoms with Crippen molar-refractivity contribution in [3.05, 3.63) is 65.7 Å². The maximum Gasteiger partial charge on any atom is 0.340 e. The molecule has 0 spiro atoms. The number of fused-ring (bicyclic) bond motifs is 1. The van der Waals surface area contributed by atoms with Gasteiger partial charge in [-0.3, -0.25) is 4.79 Å². The molecule has 0 aliphatic heterocycles. The normalized spacial score (nSPS) is 11.0. The molecule has 0 atom stereocenters. The smallest absolute Gasteiger partial charge is 0.340 e. The zero-order valence-electron chi connectivity index (χ0n) is 15.7. The Morgan fingerprint density at radius 3 is 2.63 bits per heavy atom. The Hall–Kier alpha value is -3.15. The van der Waals surface area contributed by atoms with Gasteiger partial charge in [-0.25, -0.2) is 9.78 Å². The Labute approximate surface area is 158 Å². The number of carbonyl (C=O) groups is 2. The van der Waals surface area contributed by atoms with Gasteiger partial charge in [0.15, 0.2) is 5.69 Å². The SMILES string of the molecule is CCOC(=O)c1ccccc1NC(=O)c1nc(CC(C)C)n2ccccc12. The third-order valence-electron chi connectivity index (χ3n) is 4.10. The van der Waals surface area contributed by atoms with E-state index in [9.17, 15) is 9.59 Å². The predicted octanol–water partition coefficient (Wildman–Crippen LogP) is 3.96. The highest BCUT2D eigenvalue weighted by atomic mass is 16.5. The summed E-state index contributed by atoms with van der Waals surface area (Å²) in [5.41, 5.74) is 1.80. The Morgan fingerprint density at radius 2 is 1.89 bits per heavy atom. The summed E-state index contributed by atoms with van der Waals surface area (Å²) < 4.78 is 7.00. The van der Waals surface area contributed by atoms with E-state index >= 15 is 0 Å². The first-order chi connectivity index (χ1) is 13.0. The molecule has 3 aromatic rings. The van der Waals surface area contributed by atoms with E-state index in [0.717, 1.165) is 17.8 Å². The van der Waals surface area contributed by atoms with Crippen molar-refractivity contribution in [3.8, 4) is 0 Å². The van der Waals surface area contributed by atoms with Crippen LogP contribution in [0.1, 0.15) is 47.4 Å². The molecule has 0 unspecified atom stereocenters. The second-order valence-corrected chi connectivity index (χ2v) is 6.65. The fraction of sp³-hybridized carbons (Fsp3) is 0.286. The molecule has 0 bridgehead atoms. The fourth-order valence-corrected chi connectivity index (χ4v) is 2.94. The Balaban J connectivity index is 1.95. The quantitative estimate of drug-likeness (QED) is 0.671. The molecule has 0 saturated heterocycles. The molecule has 1 N–H and O–H groups in total. The molecule has 140 valence electrons. The molecule has 3 rings (SSSR count). The minimum atomic E-state index is -0.469. The van der Waals surface area contributed by atoms with E-state index in [-0.39, 0.29) is 12.5 Å². The molecule has 1 aromatic carbocycles. The molecule has 0 aliphatic carbocycles. The molecule has 6 nitrogen and oxygen atoms in total. The van der Waals surface area contributed by atoms with E-state index < -0.39 is 5.97 Å². The molecule has 2 aromatic heterocycles. The van der Waals surface area contributed by atoms with Crippen molar-refractivity contribution in [3.63, 3.8) is 0 Å². The number of anilines is 1. The van der Waals surface area contributed by atoms with Crippen LogP contribution in [0, 0.1) is 5.92 Å². The standard InChI is InChI=1S/C21H23N3O3/c1-4-27-21(26)15-9-5-6-10-16(15)22-20(25)19-17-11-7-8-12-24(17)18(23-19)13-14(2)3/h5-12,14H,4,13H2,1-3H3,(H,22,25). The van der Waals surface area contributed by atoms with E-state index in [4.69, 9.17) is 4.74 Å². The van der Waals surface area contributed by atoms with E-state index in [1.165, 1.54) is 0 Å². The maximum atomic E-state index is 12.9. The van der Waals surface area contributed by atoms with Gasteiger partial charge in [-0.15, -0.1) is 0 Å². The largest absolute Gasteiger partial charge is 0.462 e. The van der Waals surface area contributed by atoms with Crippen LogP contribution in [0.4, 0.5) is 5.69 Å². The van der Waals surface area contributed by atoms with Gasteiger partial charge in [-0.1, -0.05) is 32.0 Å². The monoisotopic (exact) mass is 365 g/mol. The summed E-state index contributed by atoms with van der Waals surface area (Å²) in [4.78, 5) is 29.6. The number of benzene rings is 1. The van der Waals surface area contributed by atoms with Crippen LogP contribution in [0.5, 0.6) is 0 Å². The van der Waals surface area contributed by atoms with Crippen LogP contribution in [0.2, 0.25) is 0 Å². The highest BCUT2D eigenvalue weighted by Crippen LogP contribution is 2.20. The fourth-order valence-electron chi connectivity index (χ4n) is 2.94. The summed E-state index contributed by atoms with van der Waals surface area (Å²) >= 11 is 0. The Morgan fingerprint density at radius 1 is 1.15 bits per heavy atom. The average Bonchev–Trinajstić information content (AvgIpc) is 3.00. The van der Waals surface area contributed by atoms with Crippen LogP contribution in [-0.4, -0.2) is 27.9 Å². The summed E-state index contributed by atoms with van der Waals surface area (Å²) in [6, 6.07) is 12.4. The molecule has 0 aliphatic rings. The number of esters is 1. The van der Waals surface area contributed by atoms with Gasteiger partial charge in [0.25, 0.3) is 5.91 Å². The molecular formula is C21H23N3O3. The van der Waals surface area contributed by atoms with Crippen LogP contribution in [0.25, 0.3) is 5.52 Å². The second-order valence-electron chi connectivity index (χ2n) is 6.65. The summed E-state index contributed by atoms with van der Waals surface area (Å²) in [5.74, 6) is 0.426. The number of amides is 1. The lowest BCUT2D eigenvalue weighted by Gasteiger charge is -2.09. The lowest BCUT2D eigenvalue weighted by atomic mass is 10.1. The molecule has 0 saturated carbocycles. The third kappa shape index (κ3) is 4.00. The average molecular weight is 365 g/mol. The number of nitrogens with zero attached hydrogens (tertiary/aromatic N) is 2. The summed E-state index contributed by atoms with van der Waals surface area (Å²) in [7, 11) is 0. The van der Waals surface area contributed by atoms with Crippen LogP contribution < -0.4 is 5.32 Å². The van der Waals surface area contributed by atoms with Gasteiger partial charge in [-0.05, 0) is 37.1 Å². The van der Waals surface area contributed by atoms with Crippen molar-refractivity contribution >= 4 is 23.1 Å². The zero-order valence-corrected chi connectivity index (χ0v) is 15.7. The number of ether oxygens (including phenoxy) is 1. The summed E-state index contributed by atoms with van der Waals surface area (Å²) in [5, 5.41) is 2.81. The first-order valence-corrected chi connectivity index (χ1v) is 9.04. The topological polar surface area (TPSA) is 72.7 Å². The van der Waals surface area contributed by atoms with Crippen molar-refractivity contribution < 1.29 is 14.3 Å². The summed E-state index contributed by atoms with van der Waals surface area (Å²) in [6.45, 7) is 6.23. The highest BCUT2D eigenvalue weighted by molar-refractivity contribution is 6.10. The van der Waals surface area contributed by atoms with E-state index in [2.05, 4.69) is 24.1 Å². The second kappa shape index (κ2) is 8.03. The van der Waals surface area contributed by atoms with Crippen LogP contribution in [0.3, 0.4) is 0 Å². The minimum absolute atomic E-state index is 0.269. The minimum Gasteiger partial charge on any atom is -0.462 e. The van der Waals surface area contributed by atoms with Gasteiger partial charge in [0.05, 0.1) is 23.4 Å². The van der Waals surface area contributed by atoms with Gasteiger partial charge < -0.3 is 14.5 Å². The number of para-hydroxylation sites is 1. The van der Waals surface area contributed by atoms with Crippen LogP contribution in [-0.2, 0) is 11.2 Å². The zero-order chi connectivity index (χ0) is 19.4. The number of nitrogens with one attached hydrogen (secondary N) is 1. The van der Waals surface area contributed by atoms with Gasteiger partial charge in [0.2, 0.25) is 0 Å². The Bertz CT molecular complexity index is 976. The van der Waals surface area contributed by atoms with Gasteiger partial charge >= 0.3 is 5.97 Å². The number of pyridine rings is 1. The van der Waals surface area contributed by atoms with Gasteiger partial charge in [0, 0.05) is 12.6 Å². The molecule has 1 amide bonds. The summed E-state index contributed by atoms with van der Waals surface area (Å²) in [6.07, 6.45) is 2.67. The van der Waals surface area contributed by atoms with Crippen molar-refractivity contribution in [1.82, 2.24) is 9.38 Å². The van der Waals surface area contributed by atoms with E-state index in [1.807, 2.05) is 28.8 Å². The number of hydrogen-bond acceptors (Lipinski definition) is 4. The van der Waals surface area contributed by atoms with Crippen molar-refractivity contribution in [1.29, 1.82) is 0 Å². The first kappa shape index (κ1) is 18.6. The number of aromatic nitrogens is 2. The van der Waals surface area contributed by atoms with Crippen LogP contribution in [0.15, 0.2) is 48.7 Å². The highest BCUT2D eigenvalue weighted by Gasteiger charge is 2.20. The van der Waals surface area contributed by atoms with Crippen molar-refractivity contribution in [2.75, 3.05) is 11.9 Å². The van der Waals surface area contributed by atoms with Gasteiger partial charge in [0.1, 0.15) is 5.82 Å². The molecule has 2 heterocycles. The van der Waals surface area contributed by atoms with E-state index in [1.54, 1.807) is 31.2 Å². The molecule has 0 radical (unpaired) electrons. The number of rotatable bonds is 6. The maximum absolute atomic E-state index is 12.9. The first-order valence-electron chi connectivity index (χ1n) is 9.04. The lowest BCUT2D eigenvalue weighted by Crippen LogP contribution is -2.16. The van der Waals surface area contributed by atoms with Gasteiger partial charge in [-0.2, -0.15) is 0 Å². The van der Waals surface area contributed by atoms with Crippen LogP contribution >= 0.6 is 0 Å². The van der Waals surface area contributed by atoms with Crippen molar-refractivity contribution in [2.45, 2.75) is 27.2 Å². The number of imidazole rings is 1. The predicted molar refractivity (Wildman–Crippen MR) is 104 cm³/mol. The van der Waals surface area contributed by atoms with E-state index in [0.29, 0.717) is 22.9 Å². The third-order valence-corrected chi connectivity index (χ3v) is 4.10. The van der Waals surface area contributed by atoms with Crippen molar-refractivity contribution in [2.24, 2.45) is 5.92 Å². The molecule has 6 heteroatoms. The molecular weight excluding hydrogens is 342 g/mol. The molecule has 0 fully saturated rings.